The summed E-state index contributed by atoms with van der Waals surface area (Å²) in [5, 5.41) is 3.08. The first-order valence-electron chi connectivity index (χ1n) is 13.4. The van der Waals surface area contributed by atoms with E-state index in [0.29, 0.717) is 48.9 Å². The van der Waals surface area contributed by atoms with E-state index < -0.39 is 28.6 Å². The third kappa shape index (κ3) is 6.58. The number of aromatic nitrogens is 1. The minimum Gasteiger partial charge on any atom is -0.593 e. The Balaban J connectivity index is 1.72. The van der Waals surface area contributed by atoms with Crippen molar-refractivity contribution >= 4 is 17.3 Å². The fourth-order valence-electron chi connectivity index (χ4n) is 4.84. The standard InChI is InChI=1S/C28H38F3N3O3S/c1-5-27(3,4)33-38(36)25-10-9-20(15-23(25)28(29,30)31)24-16-22(18(2)34(24)17-19-7-6-8-19)26(35)32-21-11-13-37-14-12-21/h9-10,15-16,19,21,33H,5-8,11-14,17H2,1-4H3,(H,32,35). The van der Waals surface area contributed by atoms with Crippen molar-refractivity contribution in [2.24, 2.45) is 5.92 Å². The van der Waals surface area contributed by atoms with Crippen LogP contribution in [0, 0.1) is 12.8 Å². The minimum atomic E-state index is -4.69. The first-order chi connectivity index (χ1) is 17.9. The maximum absolute atomic E-state index is 14.2. The number of rotatable bonds is 9. The number of carbonyl (C=O) groups is 1. The summed E-state index contributed by atoms with van der Waals surface area (Å²) in [6, 6.07) is 5.66. The maximum atomic E-state index is 14.2. The smallest absolute Gasteiger partial charge is 0.421 e. The van der Waals surface area contributed by atoms with E-state index in [-0.39, 0.29) is 16.8 Å². The molecule has 10 heteroatoms. The molecule has 38 heavy (non-hydrogen) atoms. The average Bonchev–Trinajstić information content (AvgIpc) is 3.16. The Hall–Kier alpha value is -2.01. The van der Waals surface area contributed by atoms with Crippen molar-refractivity contribution in [1.29, 1.82) is 0 Å². The van der Waals surface area contributed by atoms with Crippen LogP contribution in [-0.4, -0.2) is 39.8 Å². The van der Waals surface area contributed by atoms with Crippen LogP contribution in [0.5, 0.6) is 0 Å². The van der Waals surface area contributed by atoms with Gasteiger partial charge in [-0.25, -0.2) is 0 Å². The monoisotopic (exact) mass is 553 g/mol. The molecule has 2 fully saturated rings. The van der Waals surface area contributed by atoms with Crippen molar-refractivity contribution < 1.29 is 27.3 Å². The number of hydrogen-bond acceptors (Lipinski definition) is 4. The highest BCUT2D eigenvalue weighted by Crippen LogP contribution is 2.39. The lowest BCUT2D eigenvalue weighted by atomic mass is 9.85. The number of nitrogens with zero attached hydrogens (tertiary/aromatic N) is 1. The van der Waals surface area contributed by atoms with E-state index >= 15 is 0 Å². The molecule has 2 N–H and O–H groups in total. The van der Waals surface area contributed by atoms with Gasteiger partial charge >= 0.3 is 6.18 Å². The normalized spacial score (nSPS) is 18.3. The number of nitrogens with one attached hydrogen (secondary N) is 2. The summed E-state index contributed by atoms with van der Waals surface area (Å²) < 4.78 is 65.8. The van der Waals surface area contributed by atoms with Crippen LogP contribution >= 0.6 is 0 Å². The molecule has 1 aliphatic heterocycles. The Morgan fingerprint density at radius 2 is 1.84 bits per heavy atom. The summed E-state index contributed by atoms with van der Waals surface area (Å²) in [5.41, 5.74) is 0.599. The predicted octanol–water partition coefficient (Wildman–Crippen LogP) is 5.99. The third-order valence-corrected chi connectivity index (χ3v) is 9.36. The number of benzene rings is 1. The minimum absolute atomic E-state index is 0.0139. The predicted molar refractivity (Wildman–Crippen MR) is 142 cm³/mol. The number of ether oxygens (including phenoxy) is 1. The molecule has 1 saturated heterocycles. The molecule has 0 radical (unpaired) electrons. The van der Waals surface area contributed by atoms with Gasteiger partial charge in [0.25, 0.3) is 5.91 Å². The molecule has 1 aliphatic carbocycles. The van der Waals surface area contributed by atoms with Crippen LogP contribution in [-0.2, 0) is 28.8 Å². The molecule has 210 valence electrons. The van der Waals surface area contributed by atoms with E-state index in [2.05, 4.69) is 10.0 Å². The molecule has 2 aromatic rings. The van der Waals surface area contributed by atoms with Gasteiger partial charge in [-0.1, -0.05) is 13.3 Å². The highest BCUT2D eigenvalue weighted by molar-refractivity contribution is 7.89. The number of halogens is 3. The van der Waals surface area contributed by atoms with Crippen molar-refractivity contribution in [2.75, 3.05) is 13.2 Å². The van der Waals surface area contributed by atoms with Gasteiger partial charge in [0.15, 0.2) is 4.90 Å². The quantitative estimate of drug-likeness (QED) is 0.374. The summed E-state index contributed by atoms with van der Waals surface area (Å²) in [6.45, 7) is 9.17. The third-order valence-electron chi connectivity index (χ3n) is 7.87. The maximum Gasteiger partial charge on any atom is 0.421 e. The zero-order valence-electron chi connectivity index (χ0n) is 22.5. The summed E-state index contributed by atoms with van der Waals surface area (Å²) in [7, 11) is 0. The Labute approximate surface area is 226 Å². The molecular formula is C28H38F3N3O3S. The molecule has 2 heterocycles. The van der Waals surface area contributed by atoms with Gasteiger partial charge in [0.1, 0.15) is 5.56 Å². The molecule has 1 atom stereocenters. The van der Waals surface area contributed by atoms with E-state index in [4.69, 9.17) is 4.74 Å². The van der Waals surface area contributed by atoms with Crippen molar-refractivity contribution in [3.63, 3.8) is 0 Å². The lowest BCUT2D eigenvalue weighted by molar-refractivity contribution is -0.139. The van der Waals surface area contributed by atoms with Gasteiger partial charge < -0.3 is 19.2 Å². The highest BCUT2D eigenvalue weighted by atomic mass is 32.2. The summed E-state index contributed by atoms with van der Waals surface area (Å²) in [4.78, 5) is 12.9. The second kappa shape index (κ2) is 11.6. The van der Waals surface area contributed by atoms with Crippen molar-refractivity contribution in [2.45, 2.75) is 95.4 Å². The number of carbonyl (C=O) groups excluding carboxylic acids is 1. The topological polar surface area (TPSA) is 78.3 Å². The van der Waals surface area contributed by atoms with E-state index in [1.54, 1.807) is 26.0 Å². The number of hydrogen-bond donors (Lipinski definition) is 2. The van der Waals surface area contributed by atoms with Gasteiger partial charge in [-0.3, -0.25) is 4.79 Å². The fraction of sp³-hybridized carbons (Fsp3) is 0.607. The second-order valence-electron chi connectivity index (χ2n) is 11.1. The Morgan fingerprint density at radius 3 is 2.42 bits per heavy atom. The summed E-state index contributed by atoms with van der Waals surface area (Å²) >= 11 is -2.04. The van der Waals surface area contributed by atoms with Gasteiger partial charge in [0, 0.05) is 37.2 Å². The van der Waals surface area contributed by atoms with Crippen molar-refractivity contribution in [3.05, 3.63) is 41.1 Å². The van der Waals surface area contributed by atoms with Crippen LogP contribution in [0.2, 0.25) is 0 Å². The van der Waals surface area contributed by atoms with Crippen LogP contribution < -0.4 is 10.0 Å². The first-order valence-corrected chi connectivity index (χ1v) is 14.5. The molecule has 6 nitrogen and oxygen atoms in total. The summed E-state index contributed by atoms with van der Waals surface area (Å²) in [5.74, 6) is 0.211. The van der Waals surface area contributed by atoms with E-state index in [0.717, 1.165) is 43.9 Å². The van der Waals surface area contributed by atoms with Crippen molar-refractivity contribution in [1.82, 2.24) is 14.6 Å². The van der Waals surface area contributed by atoms with Crippen LogP contribution in [0.15, 0.2) is 29.2 Å². The van der Waals surface area contributed by atoms with Crippen molar-refractivity contribution in [3.8, 4) is 11.3 Å². The molecule has 2 aliphatic rings. The molecule has 1 unspecified atom stereocenters. The molecular weight excluding hydrogens is 515 g/mol. The Morgan fingerprint density at radius 1 is 1.16 bits per heavy atom. The Bertz CT molecular complexity index is 1140. The lowest BCUT2D eigenvalue weighted by Crippen LogP contribution is -2.43. The first kappa shape index (κ1) is 29.0. The molecule has 1 saturated carbocycles. The number of alkyl halides is 3. The molecule has 1 amide bonds. The van der Waals surface area contributed by atoms with Gasteiger partial charge in [-0.05, 0) is 88.6 Å². The van der Waals surface area contributed by atoms with E-state index in [1.807, 2.05) is 18.4 Å². The van der Waals surface area contributed by atoms with Gasteiger partial charge in [-0.2, -0.15) is 13.2 Å². The molecule has 1 aromatic heterocycles. The number of amides is 1. The second-order valence-corrected chi connectivity index (χ2v) is 12.3. The largest absolute Gasteiger partial charge is 0.593 e. The SMILES string of the molecule is CCC(C)(C)N[S+]([O-])c1ccc(-c2cc(C(=O)NC3CCOCC3)c(C)n2CC2CCC2)cc1C(F)(F)F. The average molecular weight is 554 g/mol. The van der Waals surface area contributed by atoms with E-state index in [9.17, 15) is 22.5 Å². The van der Waals surface area contributed by atoms with Crippen LogP contribution in [0.1, 0.15) is 80.9 Å². The zero-order valence-corrected chi connectivity index (χ0v) is 23.4. The summed E-state index contributed by atoms with van der Waals surface area (Å²) in [6.07, 6.45) is 0.634. The zero-order chi connectivity index (χ0) is 27.7. The highest BCUT2D eigenvalue weighted by Gasteiger charge is 2.40. The molecule has 1 aromatic carbocycles. The van der Waals surface area contributed by atoms with Crippen LogP contribution in [0.4, 0.5) is 13.2 Å². The Kier molecular flexibility index (Phi) is 8.86. The molecule has 4 rings (SSSR count). The molecule has 0 spiro atoms. The van der Waals surface area contributed by atoms with Gasteiger partial charge in [-0.15, -0.1) is 4.72 Å². The van der Waals surface area contributed by atoms with E-state index in [1.165, 1.54) is 6.07 Å². The fourth-order valence-corrected chi connectivity index (χ4v) is 6.16. The van der Waals surface area contributed by atoms with Crippen LogP contribution in [0.3, 0.4) is 0 Å². The van der Waals surface area contributed by atoms with Crippen LogP contribution in [0.25, 0.3) is 11.3 Å². The molecule has 0 bridgehead atoms. The van der Waals surface area contributed by atoms with Gasteiger partial charge in [0.2, 0.25) is 0 Å². The van der Waals surface area contributed by atoms with Gasteiger partial charge in [0.05, 0.1) is 22.5 Å². The lowest BCUT2D eigenvalue weighted by Gasteiger charge is -2.28.